The fraction of sp³-hybridized carbons (Fsp3) is 0. The summed E-state index contributed by atoms with van der Waals surface area (Å²) in [6.45, 7) is 0. The largest absolute Gasteiger partial charge is 0.507 e. The third-order valence-corrected chi connectivity index (χ3v) is 2.06. The summed E-state index contributed by atoms with van der Waals surface area (Å²) in [7, 11) is 0. The van der Waals surface area contributed by atoms with E-state index in [1.54, 1.807) is 24.4 Å². The van der Waals surface area contributed by atoms with Gasteiger partial charge in [0.2, 0.25) is 0 Å². The van der Waals surface area contributed by atoms with Gasteiger partial charge in [-0.2, -0.15) is 10.2 Å². The molecule has 5 nitrogen and oxygen atoms in total. The predicted molar refractivity (Wildman–Crippen MR) is 57.5 cm³/mol. The van der Waals surface area contributed by atoms with Gasteiger partial charge in [0.15, 0.2) is 0 Å². The molecule has 0 saturated carbocycles. The molecule has 0 bridgehead atoms. The zero-order valence-corrected chi connectivity index (χ0v) is 7.88. The first-order chi connectivity index (χ1) is 7.33. The normalized spacial score (nSPS) is 10.9. The van der Waals surface area contributed by atoms with Crippen LogP contribution in [0.15, 0.2) is 35.6 Å². The van der Waals surface area contributed by atoms with Crippen molar-refractivity contribution in [3.05, 3.63) is 36.0 Å². The van der Waals surface area contributed by atoms with E-state index in [2.05, 4.69) is 15.3 Å². The number of aromatic nitrogens is 2. The molecule has 0 atom stereocenters. The van der Waals surface area contributed by atoms with Crippen LogP contribution in [-0.2, 0) is 0 Å². The van der Waals surface area contributed by atoms with Crippen molar-refractivity contribution in [2.75, 3.05) is 0 Å². The molecular formula is C10H10N4O. The SMILES string of the molecule is N/N=C/c1cn[nH]c1-c1ccccc1O. The van der Waals surface area contributed by atoms with Gasteiger partial charge in [0.05, 0.1) is 18.1 Å². The van der Waals surface area contributed by atoms with E-state index >= 15 is 0 Å². The highest BCUT2D eigenvalue weighted by Gasteiger charge is 2.09. The molecule has 1 aromatic carbocycles. The van der Waals surface area contributed by atoms with Gasteiger partial charge in [-0.15, -0.1) is 0 Å². The lowest BCUT2D eigenvalue weighted by Crippen LogP contribution is -1.88. The molecule has 0 aliphatic carbocycles. The molecule has 0 radical (unpaired) electrons. The first-order valence-corrected chi connectivity index (χ1v) is 4.38. The smallest absolute Gasteiger partial charge is 0.124 e. The number of hydrogen-bond acceptors (Lipinski definition) is 4. The van der Waals surface area contributed by atoms with Crippen molar-refractivity contribution in [3.8, 4) is 17.0 Å². The molecule has 0 fully saturated rings. The summed E-state index contributed by atoms with van der Waals surface area (Å²) in [6, 6.07) is 6.99. The lowest BCUT2D eigenvalue weighted by Gasteiger charge is -2.01. The summed E-state index contributed by atoms with van der Waals surface area (Å²) in [4.78, 5) is 0. The van der Waals surface area contributed by atoms with Crippen LogP contribution < -0.4 is 5.84 Å². The number of para-hydroxylation sites is 1. The molecule has 15 heavy (non-hydrogen) atoms. The van der Waals surface area contributed by atoms with Crippen molar-refractivity contribution >= 4 is 6.21 Å². The van der Waals surface area contributed by atoms with Gasteiger partial charge in [-0.3, -0.25) is 5.10 Å². The van der Waals surface area contributed by atoms with Gasteiger partial charge in [0.1, 0.15) is 5.75 Å². The Balaban J connectivity index is 2.54. The Kier molecular flexibility index (Phi) is 2.37. The van der Waals surface area contributed by atoms with Crippen LogP contribution in [-0.4, -0.2) is 21.5 Å². The molecule has 2 rings (SSSR count). The van der Waals surface area contributed by atoms with Crippen LogP contribution >= 0.6 is 0 Å². The number of phenols is 1. The summed E-state index contributed by atoms with van der Waals surface area (Å²) < 4.78 is 0. The lowest BCUT2D eigenvalue weighted by molar-refractivity contribution is 0.477. The fourth-order valence-electron chi connectivity index (χ4n) is 1.37. The molecule has 1 heterocycles. The second-order valence-corrected chi connectivity index (χ2v) is 3.00. The molecule has 2 aromatic rings. The van der Waals surface area contributed by atoms with Gasteiger partial charge in [0.25, 0.3) is 0 Å². The van der Waals surface area contributed by atoms with E-state index in [1.165, 1.54) is 6.21 Å². The number of nitrogens with one attached hydrogen (secondary N) is 1. The number of aromatic hydroxyl groups is 1. The van der Waals surface area contributed by atoms with Crippen LogP contribution in [0.4, 0.5) is 0 Å². The quantitative estimate of drug-likeness (QED) is 0.387. The zero-order valence-electron chi connectivity index (χ0n) is 7.88. The molecule has 0 spiro atoms. The van der Waals surface area contributed by atoms with Gasteiger partial charge in [-0.25, -0.2) is 0 Å². The second kappa shape index (κ2) is 3.83. The van der Waals surface area contributed by atoms with Gasteiger partial charge in [-0.1, -0.05) is 12.1 Å². The molecule has 5 heteroatoms. The Hall–Kier alpha value is -2.30. The van der Waals surface area contributed by atoms with Crippen LogP contribution in [0, 0.1) is 0 Å². The standard InChI is InChI=1S/C10H10N4O/c11-12-5-7-6-13-14-10(7)8-3-1-2-4-9(8)15/h1-6,15H,11H2,(H,13,14)/b12-5+. The lowest BCUT2D eigenvalue weighted by atomic mass is 10.1. The van der Waals surface area contributed by atoms with Crippen LogP contribution in [0.2, 0.25) is 0 Å². The highest BCUT2D eigenvalue weighted by atomic mass is 16.3. The van der Waals surface area contributed by atoms with E-state index in [0.717, 1.165) is 5.56 Å². The van der Waals surface area contributed by atoms with Crippen molar-refractivity contribution in [2.45, 2.75) is 0 Å². The van der Waals surface area contributed by atoms with E-state index in [9.17, 15) is 5.11 Å². The Bertz CT molecular complexity index is 490. The van der Waals surface area contributed by atoms with E-state index in [4.69, 9.17) is 5.84 Å². The first kappa shape index (κ1) is 9.26. The summed E-state index contributed by atoms with van der Waals surface area (Å²) in [5.41, 5.74) is 2.10. The average Bonchev–Trinajstić information content (AvgIpc) is 2.67. The Labute approximate surface area is 86.3 Å². The van der Waals surface area contributed by atoms with Crippen LogP contribution in [0.3, 0.4) is 0 Å². The number of aromatic amines is 1. The maximum absolute atomic E-state index is 9.65. The third-order valence-electron chi connectivity index (χ3n) is 2.06. The Morgan fingerprint density at radius 2 is 2.20 bits per heavy atom. The molecule has 0 saturated heterocycles. The minimum absolute atomic E-state index is 0.188. The predicted octanol–water partition coefficient (Wildman–Crippen LogP) is 1.07. The van der Waals surface area contributed by atoms with Crippen LogP contribution in [0.25, 0.3) is 11.3 Å². The monoisotopic (exact) mass is 202 g/mol. The zero-order chi connectivity index (χ0) is 10.7. The summed E-state index contributed by atoms with van der Waals surface area (Å²) >= 11 is 0. The van der Waals surface area contributed by atoms with Crippen molar-refractivity contribution in [2.24, 2.45) is 10.9 Å². The second-order valence-electron chi connectivity index (χ2n) is 3.00. The number of phenolic OH excluding ortho intramolecular Hbond substituents is 1. The van der Waals surface area contributed by atoms with E-state index in [1.807, 2.05) is 6.07 Å². The number of nitrogens with two attached hydrogens (primary N) is 1. The number of benzene rings is 1. The molecule has 0 amide bonds. The average molecular weight is 202 g/mol. The maximum Gasteiger partial charge on any atom is 0.124 e. The van der Waals surface area contributed by atoms with Gasteiger partial charge in [-0.05, 0) is 12.1 Å². The van der Waals surface area contributed by atoms with Crippen molar-refractivity contribution in [1.29, 1.82) is 0 Å². The molecule has 0 aliphatic heterocycles. The van der Waals surface area contributed by atoms with Gasteiger partial charge >= 0.3 is 0 Å². The highest BCUT2D eigenvalue weighted by molar-refractivity contribution is 5.89. The van der Waals surface area contributed by atoms with Crippen molar-refractivity contribution in [1.82, 2.24) is 10.2 Å². The molecule has 1 aromatic heterocycles. The molecule has 76 valence electrons. The number of hydrazone groups is 1. The number of H-pyrrole nitrogens is 1. The van der Waals surface area contributed by atoms with Crippen LogP contribution in [0.1, 0.15) is 5.56 Å². The van der Waals surface area contributed by atoms with Crippen molar-refractivity contribution < 1.29 is 5.11 Å². The Morgan fingerprint density at radius 3 is 2.93 bits per heavy atom. The molecule has 0 aliphatic rings. The molecular weight excluding hydrogens is 192 g/mol. The fourth-order valence-corrected chi connectivity index (χ4v) is 1.37. The number of nitrogens with zero attached hydrogens (tertiary/aromatic N) is 2. The summed E-state index contributed by atoms with van der Waals surface area (Å²) in [5, 5.41) is 19.7. The molecule has 4 N–H and O–H groups in total. The van der Waals surface area contributed by atoms with E-state index < -0.39 is 0 Å². The van der Waals surface area contributed by atoms with E-state index in [0.29, 0.717) is 11.3 Å². The van der Waals surface area contributed by atoms with E-state index in [-0.39, 0.29) is 5.75 Å². The minimum atomic E-state index is 0.188. The summed E-state index contributed by atoms with van der Waals surface area (Å²) in [6.07, 6.45) is 3.07. The molecule has 0 unspecified atom stereocenters. The van der Waals surface area contributed by atoms with Crippen LogP contribution in [0.5, 0.6) is 5.75 Å². The third kappa shape index (κ3) is 1.67. The first-order valence-electron chi connectivity index (χ1n) is 4.38. The Morgan fingerprint density at radius 1 is 1.40 bits per heavy atom. The van der Waals surface area contributed by atoms with Crippen molar-refractivity contribution in [3.63, 3.8) is 0 Å². The highest BCUT2D eigenvalue weighted by Crippen LogP contribution is 2.28. The maximum atomic E-state index is 9.65. The number of hydrogen-bond donors (Lipinski definition) is 3. The number of rotatable bonds is 2. The van der Waals surface area contributed by atoms with Gasteiger partial charge < -0.3 is 10.9 Å². The minimum Gasteiger partial charge on any atom is -0.507 e. The topological polar surface area (TPSA) is 87.3 Å². The van der Waals surface area contributed by atoms with Gasteiger partial charge in [0, 0.05) is 11.1 Å². The summed E-state index contributed by atoms with van der Waals surface area (Å²) in [5.74, 6) is 5.26.